The predicted octanol–water partition coefficient (Wildman–Crippen LogP) is -2.25. The normalized spacial score (nSPS) is 30.2. The van der Waals surface area contributed by atoms with E-state index in [1.54, 1.807) is 14.0 Å². The van der Waals surface area contributed by atoms with Crippen molar-refractivity contribution < 1.29 is 14.9 Å². The Bertz CT molecular complexity index is 724. The smallest absolute Gasteiger partial charge is 0.298 e. The Balaban J connectivity index is 2.17. The lowest BCUT2D eigenvalue weighted by molar-refractivity contribution is -0.0439. The van der Waals surface area contributed by atoms with Gasteiger partial charge in [0.15, 0.2) is 23.1 Å². The molecule has 20 heavy (non-hydrogen) atoms. The third-order valence-corrected chi connectivity index (χ3v) is 3.42. The maximum absolute atomic E-state index is 12.4. The standard InChI is InChI=1S/C10H14N6O4/c1-3-6(17)7(18)10(20-3)16-9(19)5-4(12-14-16)8(11)13-15(5)2/h3,6-7,10,17-18H,1-2H3,(H2,11,13). The molecular weight excluding hydrogens is 268 g/mol. The van der Waals surface area contributed by atoms with Gasteiger partial charge in [-0.1, -0.05) is 5.21 Å². The third kappa shape index (κ3) is 1.62. The van der Waals surface area contributed by atoms with E-state index in [4.69, 9.17) is 10.5 Å². The number of aliphatic hydroxyl groups excluding tert-OH is 2. The van der Waals surface area contributed by atoms with Crippen LogP contribution in [0.3, 0.4) is 0 Å². The van der Waals surface area contributed by atoms with E-state index in [0.29, 0.717) is 0 Å². The number of anilines is 1. The average Bonchev–Trinajstić information content (AvgIpc) is 2.83. The molecule has 0 bridgehead atoms. The molecule has 0 saturated carbocycles. The van der Waals surface area contributed by atoms with Crippen LogP contribution in [-0.2, 0) is 11.8 Å². The average molecular weight is 282 g/mol. The number of rotatable bonds is 1. The Morgan fingerprint density at radius 3 is 2.65 bits per heavy atom. The van der Waals surface area contributed by atoms with Gasteiger partial charge in [0, 0.05) is 7.05 Å². The molecule has 108 valence electrons. The highest BCUT2D eigenvalue weighted by atomic mass is 16.6. The SMILES string of the molecule is CC1OC(n2nnc3c(N)nn(C)c3c2=O)C(O)C1O. The van der Waals surface area contributed by atoms with E-state index in [9.17, 15) is 15.0 Å². The van der Waals surface area contributed by atoms with Crippen molar-refractivity contribution in [3.63, 3.8) is 0 Å². The van der Waals surface area contributed by atoms with E-state index in [1.165, 1.54) is 4.68 Å². The van der Waals surface area contributed by atoms with Gasteiger partial charge in [0.2, 0.25) is 0 Å². The highest BCUT2D eigenvalue weighted by molar-refractivity contribution is 5.83. The maximum Gasteiger partial charge on any atom is 0.298 e. The summed E-state index contributed by atoms with van der Waals surface area (Å²) < 4.78 is 7.53. The first-order valence-electron chi connectivity index (χ1n) is 6.01. The van der Waals surface area contributed by atoms with Crippen molar-refractivity contribution in [2.24, 2.45) is 7.05 Å². The molecule has 1 aliphatic rings. The van der Waals surface area contributed by atoms with Gasteiger partial charge in [-0.3, -0.25) is 9.48 Å². The van der Waals surface area contributed by atoms with E-state index in [0.717, 1.165) is 4.68 Å². The summed E-state index contributed by atoms with van der Waals surface area (Å²) >= 11 is 0. The molecule has 2 aromatic heterocycles. The van der Waals surface area contributed by atoms with Crippen LogP contribution in [0.1, 0.15) is 13.2 Å². The van der Waals surface area contributed by atoms with Gasteiger partial charge < -0.3 is 20.7 Å². The zero-order valence-corrected chi connectivity index (χ0v) is 10.8. The minimum absolute atomic E-state index is 0.0977. The lowest BCUT2D eigenvalue weighted by Gasteiger charge is -2.15. The minimum Gasteiger partial charge on any atom is -0.388 e. The fourth-order valence-corrected chi connectivity index (χ4v) is 2.31. The summed E-state index contributed by atoms with van der Waals surface area (Å²) in [6.45, 7) is 1.59. The molecule has 0 radical (unpaired) electrons. The molecule has 4 unspecified atom stereocenters. The molecule has 1 saturated heterocycles. The van der Waals surface area contributed by atoms with Crippen LogP contribution in [-0.4, -0.2) is 53.3 Å². The summed E-state index contributed by atoms with van der Waals surface area (Å²) in [4.78, 5) is 12.4. The van der Waals surface area contributed by atoms with Crippen LogP contribution in [0, 0.1) is 0 Å². The molecule has 4 atom stereocenters. The summed E-state index contributed by atoms with van der Waals surface area (Å²) in [6.07, 6.45) is -4.07. The minimum atomic E-state index is -1.26. The largest absolute Gasteiger partial charge is 0.388 e. The number of aliphatic hydroxyl groups is 2. The molecule has 0 aromatic carbocycles. The summed E-state index contributed by atoms with van der Waals surface area (Å²) in [6, 6.07) is 0. The van der Waals surface area contributed by atoms with Gasteiger partial charge in [-0.15, -0.1) is 5.10 Å². The van der Waals surface area contributed by atoms with E-state index in [-0.39, 0.29) is 16.9 Å². The summed E-state index contributed by atoms with van der Waals surface area (Å²) in [7, 11) is 1.55. The van der Waals surface area contributed by atoms with Gasteiger partial charge >= 0.3 is 0 Å². The number of hydrogen-bond acceptors (Lipinski definition) is 8. The molecule has 3 heterocycles. The van der Waals surface area contributed by atoms with Crippen molar-refractivity contribution in [1.82, 2.24) is 24.8 Å². The summed E-state index contributed by atoms with van der Waals surface area (Å²) in [5.41, 5.74) is 5.41. The number of aryl methyl sites for hydroxylation is 1. The zero-order chi connectivity index (χ0) is 14.6. The van der Waals surface area contributed by atoms with Gasteiger partial charge in [-0.05, 0) is 6.92 Å². The predicted molar refractivity (Wildman–Crippen MR) is 66.6 cm³/mol. The molecule has 4 N–H and O–H groups in total. The highest BCUT2D eigenvalue weighted by Crippen LogP contribution is 2.27. The fraction of sp³-hybridized carbons (Fsp3) is 0.600. The van der Waals surface area contributed by atoms with Crippen LogP contribution in [0.2, 0.25) is 0 Å². The van der Waals surface area contributed by atoms with Crippen LogP contribution in [0.5, 0.6) is 0 Å². The topological polar surface area (TPSA) is 141 Å². The molecule has 3 rings (SSSR count). The van der Waals surface area contributed by atoms with Crippen LogP contribution >= 0.6 is 0 Å². The fourth-order valence-electron chi connectivity index (χ4n) is 2.31. The van der Waals surface area contributed by atoms with Crippen LogP contribution < -0.4 is 11.3 Å². The molecule has 0 spiro atoms. The second kappa shape index (κ2) is 4.23. The van der Waals surface area contributed by atoms with Crippen molar-refractivity contribution in [2.45, 2.75) is 31.5 Å². The Kier molecular flexibility index (Phi) is 2.74. The van der Waals surface area contributed by atoms with Crippen molar-refractivity contribution in [1.29, 1.82) is 0 Å². The number of nitrogens with zero attached hydrogens (tertiary/aromatic N) is 5. The zero-order valence-electron chi connectivity index (χ0n) is 10.8. The number of aromatic nitrogens is 5. The number of hydrogen-bond donors (Lipinski definition) is 3. The van der Waals surface area contributed by atoms with Crippen molar-refractivity contribution in [2.75, 3.05) is 5.73 Å². The number of ether oxygens (including phenoxy) is 1. The van der Waals surface area contributed by atoms with Crippen LogP contribution in [0.15, 0.2) is 4.79 Å². The molecule has 0 aliphatic carbocycles. The van der Waals surface area contributed by atoms with Crippen molar-refractivity contribution in [3.8, 4) is 0 Å². The Labute approximate surface area is 112 Å². The molecule has 1 fully saturated rings. The van der Waals surface area contributed by atoms with E-state index >= 15 is 0 Å². The second-order valence-electron chi connectivity index (χ2n) is 4.76. The first-order valence-corrected chi connectivity index (χ1v) is 6.01. The number of fused-ring (bicyclic) bond motifs is 1. The molecule has 10 nitrogen and oxygen atoms in total. The highest BCUT2D eigenvalue weighted by Gasteiger charge is 2.42. The monoisotopic (exact) mass is 282 g/mol. The lowest BCUT2D eigenvalue weighted by Crippen LogP contribution is -2.36. The van der Waals surface area contributed by atoms with Crippen LogP contribution in [0.4, 0.5) is 5.82 Å². The molecule has 10 heteroatoms. The van der Waals surface area contributed by atoms with Gasteiger partial charge in [0.05, 0.1) is 6.10 Å². The Morgan fingerprint density at radius 1 is 1.35 bits per heavy atom. The quantitative estimate of drug-likeness (QED) is 0.532. The first kappa shape index (κ1) is 13.0. The Hall–Kier alpha value is -2.04. The van der Waals surface area contributed by atoms with Crippen molar-refractivity contribution in [3.05, 3.63) is 10.4 Å². The van der Waals surface area contributed by atoms with E-state index in [2.05, 4.69) is 15.4 Å². The molecule has 2 aromatic rings. The molecular formula is C10H14N6O4. The van der Waals surface area contributed by atoms with Gasteiger partial charge in [-0.2, -0.15) is 9.78 Å². The van der Waals surface area contributed by atoms with Gasteiger partial charge in [0.25, 0.3) is 5.56 Å². The van der Waals surface area contributed by atoms with Crippen molar-refractivity contribution >= 4 is 16.9 Å². The third-order valence-electron chi connectivity index (χ3n) is 3.42. The van der Waals surface area contributed by atoms with Gasteiger partial charge in [-0.25, -0.2) is 0 Å². The first-order chi connectivity index (χ1) is 9.41. The summed E-state index contributed by atoms with van der Waals surface area (Å²) in [5, 5.41) is 31.0. The molecule has 1 aliphatic heterocycles. The van der Waals surface area contributed by atoms with Gasteiger partial charge in [0.1, 0.15) is 12.2 Å². The maximum atomic E-state index is 12.4. The lowest BCUT2D eigenvalue weighted by atomic mass is 10.1. The number of nitrogens with two attached hydrogens (primary N) is 1. The second-order valence-corrected chi connectivity index (χ2v) is 4.76. The Morgan fingerprint density at radius 2 is 2.05 bits per heavy atom. The summed E-state index contributed by atoms with van der Waals surface area (Å²) in [5.74, 6) is 0.0977. The number of nitrogen functional groups attached to an aromatic ring is 1. The van der Waals surface area contributed by atoms with Crippen LogP contribution in [0.25, 0.3) is 11.0 Å². The van der Waals surface area contributed by atoms with E-state index < -0.39 is 30.1 Å². The molecule has 0 amide bonds. The van der Waals surface area contributed by atoms with E-state index in [1.807, 2.05) is 0 Å².